The monoisotopic (exact) mass is 370 g/mol. The first kappa shape index (κ1) is 19.2. The maximum Gasteiger partial charge on any atom is 0.0164 e. The number of rotatable bonds is 1. The molecule has 0 heterocycles. The Morgan fingerprint density at radius 2 is 1.68 bits per heavy atom. The van der Waals surface area contributed by atoms with E-state index in [9.17, 15) is 0 Å². The number of hydrogen-bond acceptors (Lipinski definition) is 0. The minimum atomic E-state index is 0.0169. The number of allylic oxidation sites excluding steroid dienone is 8. The molecule has 0 saturated carbocycles. The molecule has 0 bridgehead atoms. The first-order chi connectivity index (χ1) is 12.9. The lowest BCUT2D eigenvalue weighted by molar-refractivity contribution is 0.213. The lowest BCUT2D eigenvalue weighted by Gasteiger charge is -2.45. The Kier molecular flexibility index (Phi) is 4.10. The van der Waals surface area contributed by atoms with Crippen molar-refractivity contribution in [2.45, 2.75) is 67.2 Å². The van der Waals surface area contributed by atoms with Gasteiger partial charge < -0.3 is 0 Å². The largest absolute Gasteiger partial charge is 0.0801 e. The molecule has 0 heteroatoms. The van der Waals surface area contributed by atoms with Gasteiger partial charge in [0, 0.05) is 5.41 Å². The van der Waals surface area contributed by atoms with Gasteiger partial charge in [-0.1, -0.05) is 91.0 Å². The quantitative estimate of drug-likeness (QED) is 0.565. The predicted molar refractivity (Wildman–Crippen MR) is 123 cm³/mol. The second kappa shape index (κ2) is 5.96. The normalized spacial score (nSPS) is 23.7. The maximum atomic E-state index is 2.47. The molecule has 28 heavy (non-hydrogen) atoms. The summed E-state index contributed by atoms with van der Waals surface area (Å²) in [5.41, 5.74) is 9.00. The minimum absolute atomic E-state index is 0.0169. The molecule has 0 saturated heterocycles. The molecule has 3 aliphatic carbocycles. The Hall–Kier alpha value is -2.08. The predicted octanol–water partition coefficient (Wildman–Crippen LogP) is 6.04. The van der Waals surface area contributed by atoms with Crippen molar-refractivity contribution in [3.05, 3.63) is 80.8 Å². The highest BCUT2D eigenvalue weighted by Crippen LogP contribution is 2.54. The third kappa shape index (κ3) is 2.72. The summed E-state index contributed by atoms with van der Waals surface area (Å²) in [6, 6.07) is 4.81. The van der Waals surface area contributed by atoms with Gasteiger partial charge in [0.25, 0.3) is 0 Å². The van der Waals surface area contributed by atoms with Crippen LogP contribution in [0.5, 0.6) is 0 Å². The van der Waals surface area contributed by atoms with E-state index in [1.165, 1.54) is 43.9 Å². The Bertz CT molecular complexity index is 1100. The lowest BCUT2D eigenvalue weighted by atomic mass is 9.58. The van der Waals surface area contributed by atoms with Crippen LogP contribution in [0.25, 0.3) is 11.6 Å². The van der Waals surface area contributed by atoms with Crippen molar-refractivity contribution in [3.63, 3.8) is 0 Å². The zero-order valence-corrected chi connectivity index (χ0v) is 18.8. The Morgan fingerprint density at radius 3 is 2.25 bits per heavy atom. The first-order valence-corrected chi connectivity index (χ1v) is 10.6. The van der Waals surface area contributed by atoms with Crippen molar-refractivity contribution in [2.75, 3.05) is 0 Å². The van der Waals surface area contributed by atoms with Gasteiger partial charge in [-0.15, -0.1) is 0 Å². The van der Waals surface area contributed by atoms with Gasteiger partial charge in [0.2, 0.25) is 0 Å². The fraction of sp³-hybridized carbons (Fsp3) is 0.429. The van der Waals surface area contributed by atoms with Gasteiger partial charge in [0.15, 0.2) is 0 Å². The van der Waals surface area contributed by atoms with E-state index in [1.54, 1.807) is 0 Å². The number of aryl methyl sites for hydroxylation is 1. The maximum absolute atomic E-state index is 2.47. The summed E-state index contributed by atoms with van der Waals surface area (Å²) in [7, 11) is 0. The number of benzene rings is 1. The molecule has 1 unspecified atom stereocenters. The van der Waals surface area contributed by atoms with Gasteiger partial charge in [-0.3, -0.25) is 0 Å². The van der Waals surface area contributed by atoms with Crippen molar-refractivity contribution >= 4 is 11.6 Å². The summed E-state index contributed by atoms with van der Waals surface area (Å²) in [6.45, 7) is 18.7. The van der Waals surface area contributed by atoms with Crippen LogP contribution in [0.4, 0.5) is 0 Å². The third-order valence-electron chi connectivity index (χ3n) is 7.11. The molecule has 0 radical (unpaired) electrons. The Balaban J connectivity index is 2.07. The van der Waals surface area contributed by atoms with Crippen molar-refractivity contribution in [3.8, 4) is 0 Å². The van der Waals surface area contributed by atoms with Gasteiger partial charge in [-0.05, 0) is 74.1 Å². The molecule has 0 aliphatic heterocycles. The van der Waals surface area contributed by atoms with Crippen molar-refractivity contribution in [1.29, 1.82) is 0 Å². The Labute approximate surface area is 170 Å². The molecular weight excluding hydrogens is 336 g/mol. The van der Waals surface area contributed by atoms with E-state index in [-0.39, 0.29) is 16.2 Å². The molecule has 0 aromatic heterocycles. The summed E-state index contributed by atoms with van der Waals surface area (Å²) in [4.78, 5) is 0. The summed E-state index contributed by atoms with van der Waals surface area (Å²) in [5.74, 6) is 0. The summed E-state index contributed by atoms with van der Waals surface area (Å²) < 4.78 is 0. The van der Waals surface area contributed by atoms with E-state index < -0.39 is 0 Å². The molecule has 1 aromatic rings. The molecule has 0 N–H and O–H groups in total. The topological polar surface area (TPSA) is 0 Å². The molecular formula is C28H34. The smallest absolute Gasteiger partial charge is 0.0164 e. The molecule has 0 amide bonds. The van der Waals surface area contributed by atoms with Crippen LogP contribution in [-0.4, -0.2) is 0 Å². The van der Waals surface area contributed by atoms with Gasteiger partial charge >= 0.3 is 0 Å². The van der Waals surface area contributed by atoms with E-state index in [1.807, 2.05) is 0 Å². The van der Waals surface area contributed by atoms with E-state index in [4.69, 9.17) is 0 Å². The van der Waals surface area contributed by atoms with Gasteiger partial charge in [-0.2, -0.15) is 0 Å². The molecule has 1 aromatic carbocycles. The van der Waals surface area contributed by atoms with E-state index in [2.05, 4.69) is 104 Å². The fourth-order valence-corrected chi connectivity index (χ4v) is 4.85. The molecule has 3 aliphatic rings. The summed E-state index contributed by atoms with van der Waals surface area (Å²) >= 11 is 0. The molecule has 4 rings (SSSR count). The highest BCUT2D eigenvalue weighted by atomic mass is 14.5. The van der Waals surface area contributed by atoms with Crippen LogP contribution in [0.2, 0.25) is 0 Å². The van der Waals surface area contributed by atoms with E-state index in [0.717, 1.165) is 6.42 Å². The molecule has 0 spiro atoms. The van der Waals surface area contributed by atoms with Crippen LogP contribution in [0, 0.1) is 17.8 Å². The molecule has 1 atom stereocenters. The van der Waals surface area contributed by atoms with Crippen LogP contribution in [0.15, 0.2) is 59.2 Å². The van der Waals surface area contributed by atoms with Gasteiger partial charge in [0.05, 0.1) is 0 Å². The zero-order chi connectivity index (χ0) is 20.5. The third-order valence-corrected chi connectivity index (χ3v) is 7.11. The van der Waals surface area contributed by atoms with Gasteiger partial charge in [-0.25, -0.2) is 0 Å². The minimum Gasteiger partial charge on any atom is -0.0801 e. The summed E-state index contributed by atoms with van der Waals surface area (Å²) in [6.07, 6.45) is 15.2. The number of fused-ring (bicyclic) bond motifs is 2. The average Bonchev–Trinajstić information content (AvgIpc) is 3.19. The lowest BCUT2D eigenvalue weighted by Crippen LogP contribution is -2.36. The van der Waals surface area contributed by atoms with Crippen LogP contribution in [-0.2, 0) is 5.41 Å². The second-order valence-corrected chi connectivity index (χ2v) is 11.0. The standard InChI is InChI=1S/C28H34/c1-18-15-21(26(2,3)4)16-20-17-23-22(24(18)20)13-14-28(8,27(5,6)7)25(23)19-11-9-10-12-19/h9-11,13-17H,12H2,1-8H3. The highest BCUT2D eigenvalue weighted by molar-refractivity contribution is 5.92. The van der Waals surface area contributed by atoms with Crippen LogP contribution >= 0.6 is 0 Å². The van der Waals surface area contributed by atoms with Crippen LogP contribution in [0.3, 0.4) is 0 Å². The fourth-order valence-electron chi connectivity index (χ4n) is 4.85. The Morgan fingerprint density at radius 1 is 0.964 bits per heavy atom. The van der Waals surface area contributed by atoms with Crippen molar-refractivity contribution in [1.82, 2.24) is 0 Å². The van der Waals surface area contributed by atoms with Gasteiger partial charge in [0.1, 0.15) is 0 Å². The summed E-state index contributed by atoms with van der Waals surface area (Å²) in [5, 5.41) is 2.82. The highest BCUT2D eigenvalue weighted by Gasteiger charge is 2.43. The van der Waals surface area contributed by atoms with Crippen LogP contribution in [0.1, 0.15) is 66.0 Å². The van der Waals surface area contributed by atoms with Crippen molar-refractivity contribution < 1.29 is 0 Å². The number of hydrogen-bond donors (Lipinski definition) is 0. The molecule has 146 valence electrons. The molecule has 0 nitrogen and oxygen atoms in total. The zero-order valence-electron chi connectivity index (χ0n) is 18.8. The molecule has 0 fully saturated rings. The van der Waals surface area contributed by atoms with Crippen molar-refractivity contribution in [2.24, 2.45) is 10.8 Å². The first-order valence-electron chi connectivity index (χ1n) is 10.6. The van der Waals surface area contributed by atoms with Crippen LogP contribution < -0.4 is 10.4 Å². The average molecular weight is 371 g/mol. The van der Waals surface area contributed by atoms with E-state index >= 15 is 0 Å². The van der Waals surface area contributed by atoms with E-state index in [0.29, 0.717) is 0 Å². The second-order valence-electron chi connectivity index (χ2n) is 11.0. The SMILES string of the molecule is Cc1cc(C(C)(C)C)cc2c1=C1C=CC(C)(C(C)(C)C)C(C3=CC=CC3)=C1C=2.